The predicted molar refractivity (Wildman–Crippen MR) is 19.5 cm³/mol. The SMILES string of the molecule is CC[NH][Hf][CH3]. The van der Waals surface area contributed by atoms with Crippen molar-refractivity contribution in [2.45, 2.75) is 11.6 Å². The van der Waals surface area contributed by atoms with Crippen molar-refractivity contribution in [1.82, 2.24) is 3.30 Å². The molecular weight excluding hydrogens is 229 g/mol. The Hall–Kier alpha value is 0.830. The van der Waals surface area contributed by atoms with Crippen LogP contribution in [0, 0.1) is 0 Å². The normalized spacial score (nSPS) is 7.60. The van der Waals surface area contributed by atoms with Gasteiger partial charge in [-0.1, -0.05) is 0 Å². The van der Waals surface area contributed by atoms with Gasteiger partial charge in [-0.2, -0.15) is 0 Å². The molecule has 0 bridgehead atoms. The fraction of sp³-hybridized carbons (Fsp3) is 1.00. The molecular formula is C3H9HfN. The van der Waals surface area contributed by atoms with Gasteiger partial charge >= 0.3 is 44.6 Å². The van der Waals surface area contributed by atoms with E-state index in [-0.39, 0.29) is 23.2 Å². The van der Waals surface area contributed by atoms with Gasteiger partial charge in [0.2, 0.25) is 0 Å². The average Bonchev–Trinajstić information content (AvgIpc) is 1.41. The third-order valence-corrected chi connectivity index (χ3v) is 2.89. The maximum absolute atomic E-state index is 3.31. The number of hydrogen-bond donors (Lipinski definition) is 1. The number of rotatable bonds is 2. The van der Waals surface area contributed by atoms with E-state index < -0.39 is 0 Å². The van der Waals surface area contributed by atoms with E-state index in [0.29, 0.717) is 0 Å². The zero-order valence-corrected chi connectivity index (χ0v) is 7.30. The predicted octanol–water partition coefficient (Wildman–Crippen LogP) is 0.641. The molecule has 0 aromatic carbocycles. The standard InChI is InChI=1S/C2H6N.CH3.Hf/c1-2-3;;/h3H,2H2,1H3;1H3;/q-1;;+1. The molecule has 0 rings (SSSR count). The molecule has 0 atom stereocenters. The molecule has 0 aliphatic rings. The molecule has 0 radical (unpaired) electrons. The Labute approximate surface area is 44.9 Å². The van der Waals surface area contributed by atoms with Gasteiger partial charge < -0.3 is 0 Å². The van der Waals surface area contributed by atoms with Gasteiger partial charge in [-0.3, -0.25) is 0 Å². The minimum atomic E-state index is -0.208. The van der Waals surface area contributed by atoms with Gasteiger partial charge in [0.1, 0.15) is 0 Å². The molecule has 2 heteroatoms. The molecule has 1 nitrogen and oxygen atoms in total. The second-order valence-corrected chi connectivity index (χ2v) is 3.85. The third-order valence-electron chi connectivity index (χ3n) is 0.354. The van der Waals surface area contributed by atoms with Crippen LogP contribution in [-0.2, 0) is 23.2 Å². The minimum absolute atomic E-state index is 0.208. The third kappa shape index (κ3) is 4.83. The van der Waals surface area contributed by atoms with Crippen LogP contribution >= 0.6 is 0 Å². The van der Waals surface area contributed by atoms with E-state index in [9.17, 15) is 0 Å². The molecule has 0 amide bonds. The summed E-state index contributed by atoms with van der Waals surface area (Å²) in [5.74, 6) is 0. The van der Waals surface area contributed by atoms with Crippen LogP contribution in [0.5, 0.6) is 0 Å². The Bertz CT molecular complexity index is 14.4. The Morgan fingerprint density at radius 2 is 2.40 bits per heavy atom. The summed E-state index contributed by atoms with van der Waals surface area (Å²) in [5.41, 5.74) is 0. The van der Waals surface area contributed by atoms with E-state index in [2.05, 4.69) is 14.9 Å². The zero-order chi connectivity index (χ0) is 4.12. The van der Waals surface area contributed by atoms with E-state index in [0.717, 1.165) is 0 Å². The van der Waals surface area contributed by atoms with E-state index >= 15 is 0 Å². The van der Waals surface area contributed by atoms with Gasteiger partial charge in [0, 0.05) is 0 Å². The first-order valence-electron chi connectivity index (χ1n) is 1.81. The van der Waals surface area contributed by atoms with Crippen molar-refractivity contribution in [3.8, 4) is 0 Å². The molecule has 0 saturated carbocycles. The second-order valence-electron chi connectivity index (χ2n) is 0.780. The molecule has 0 unspecified atom stereocenters. The van der Waals surface area contributed by atoms with Gasteiger partial charge in [0.05, 0.1) is 0 Å². The van der Waals surface area contributed by atoms with Crippen molar-refractivity contribution >= 4 is 0 Å². The fourth-order valence-electron chi connectivity index (χ4n) is 0.177. The van der Waals surface area contributed by atoms with Crippen molar-refractivity contribution in [2.75, 3.05) is 6.54 Å². The average molecular weight is 238 g/mol. The summed E-state index contributed by atoms with van der Waals surface area (Å²) >= 11 is -0.208. The first-order chi connectivity index (χ1) is 2.41. The van der Waals surface area contributed by atoms with Crippen molar-refractivity contribution < 1.29 is 23.2 Å². The molecule has 0 saturated heterocycles. The van der Waals surface area contributed by atoms with Gasteiger partial charge in [-0.05, 0) is 0 Å². The number of hydrogen-bond acceptors (Lipinski definition) is 1. The Kier molecular flexibility index (Phi) is 5.63. The first-order valence-corrected chi connectivity index (χ1v) is 7.20. The summed E-state index contributed by atoms with van der Waals surface area (Å²) in [7, 11) is 0. The van der Waals surface area contributed by atoms with Crippen LogP contribution in [0.15, 0.2) is 0 Å². The topological polar surface area (TPSA) is 12.0 Å². The second kappa shape index (κ2) is 4.83. The summed E-state index contributed by atoms with van der Waals surface area (Å²) in [6, 6.07) is 0. The molecule has 0 fully saturated rings. The maximum atomic E-state index is 3.31. The summed E-state index contributed by atoms with van der Waals surface area (Å²) in [4.78, 5) is 0. The van der Waals surface area contributed by atoms with Gasteiger partial charge in [0.15, 0.2) is 0 Å². The Balaban J connectivity index is 2.19. The van der Waals surface area contributed by atoms with Crippen LogP contribution in [0.25, 0.3) is 0 Å². The van der Waals surface area contributed by atoms with Crippen molar-refractivity contribution in [3.05, 3.63) is 0 Å². The first kappa shape index (κ1) is 5.83. The van der Waals surface area contributed by atoms with Gasteiger partial charge in [-0.15, -0.1) is 0 Å². The molecule has 1 N–H and O–H groups in total. The Morgan fingerprint density at radius 1 is 1.80 bits per heavy atom. The monoisotopic (exact) mass is 239 g/mol. The van der Waals surface area contributed by atoms with E-state index in [1.165, 1.54) is 6.54 Å². The zero-order valence-electron chi connectivity index (χ0n) is 3.71. The van der Waals surface area contributed by atoms with E-state index in [1.807, 2.05) is 0 Å². The van der Waals surface area contributed by atoms with Gasteiger partial charge in [-0.25, -0.2) is 0 Å². The molecule has 0 aromatic heterocycles. The van der Waals surface area contributed by atoms with Crippen LogP contribution in [-0.4, -0.2) is 6.54 Å². The molecule has 0 heterocycles. The summed E-state index contributed by atoms with van der Waals surface area (Å²) in [5, 5.41) is 0. The van der Waals surface area contributed by atoms with Crippen LogP contribution < -0.4 is 3.30 Å². The molecule has 0 spiro atoms. The van der Waals surface area contributed by atoms with E-state index in [4.69, 9.17) is 0 Å². The fourth-order valence-corrected chi connectivity index (χ4v) is 1.45. The molecule has 0 aliphatic heterocycles. The van der Waals surface area contributed by atoms with Gasteiger partial charge in [0.25, 0.3) is 0 Å². The van der Waals surface area contributed by atoms with Crippen LogP contribution in [0.2, 0.25) is 4.68 Å². The van der Waals surface area contributed by atoms with E-state index in [1.54, 1.807) is 0 Å². The summed E-state index contributed by atoms with van der Waals surface area (Å²) in [6.45, 7) is 3.33. The molecule has 30 valence electrons. The van der Waals surface area contributed by atoms with Crippen LogP contribution in [0.4, 0.5) is 0 Å². The molecule has 0 aliphatic carbocycles. The van der Waals surface area contributed by atoms with Crippen LogP contribution in [0.1, 0.15) is 6.92 Å². The van der Waals surface area contributed by atoms with Crippen molar-refractivity contribution in [1.29, 1.82) is 0 Å². The summed E-state index contributed by atoms with van der Waals surface area (Å²) < 4.78 is 5.60. The van der Waals surface area contributed by atoms with Crippen LogP contribution in [0.3, 0.4) is 0 Å². The Morgan fingerprint density at radius 3 is 2.40 bits per heavy atom. The molecule has 5 heavy (non-hydrogen) atoms. The quantitative estimate of drug-likeness (QED) is 0.695. The van der Waals surface area contributed by atoms with Crippen molar-refractivity contribution in [3.63, 3.8) is 0 Å². The number of nitrogens with one attached hydrogen (secondary N) is 1. The van der Waals surface area contributed by atoms with Crippen molar-refractivity contribution in [2.24, 2.45) is 0 Å². The summed E-state index contributed by atoms with van der Waals surface area (Å²) in [6.07, 6.45) is 0. The molecule has 0 aromatic rings.